The Balaban J connectivity index is 1.65. The van der Waals surface area contributed by atoms with Crippen LogP contribution in [-0.2, 0) is 11.0 Å². The fourth-order valence-electron chi connectivity index (χ4n) is 1.89. The van der Waals surface area contributed by atoms with Crippen molar-refractivity contribution in [1.82, 2.24) is 19.6 Å². The number of hydrogen-bond acceptors (Lipinski definition) is 5. The molecule has 0 aliphatic rings. The second kappa shape index (κ2) is 7.08. The first-order valence-electron chi connectivity index (χ1n) is 6.90. The van der Waals surface area contributed by atoms with Crippen molar-refractivity contribution in [3.05, 3.63) is 47.1 Å². The van der Waals surface area contributed by atoms with E-state index >= 15 is 0 Å². The Kier molecular flexibility index (Phi) is 5.01. The molecule has 0 atom stereocenters. The lowest BCUT2D eigenvalue weighted by atomic mass is 10.3. The summed E-state index contributed by atoms with van der Waals surface area (Å²) >= 11 is 6.46. The van der Waals surface area contributed by atoms with Gasteiger partial charge in [-0.15, -0.1) is 5.10 Å². The van der Waals surface area contributed by atoms with Gasteiger partial charge in [-0.3, -0.25) is 4.79 Å². The Morgan fingerprint density at radius 3 is 2.77 bits per heavy atom. The smallest absolute Gasteiger partial charge is 0.325 e. The number of hydrogen-bond donors (Lipinski definition) is 1. The minimum atomic E-state index is -4.59. The highest BCUT2D eigenvalue weighted by Gasteiger charge is 2.33. The normalized spacial score (nSPS) is 11.7. The molecule has 1 amide bonds. The molecular formula is C14H8ClF4N5OS. The van der Waals surface area contributed by atoms with E-state index in [2.05, 4.69) is 20.4 Å². The van der Waals surface area contributed by atoms with E-state index in [1.807, 2.05) is 0 Å². The van der Waals surface area contributed by atoms with Crippen LogP contribution in [0.3, 0.4) is 0 Å². The highest BCUT2D eigenvalue weighted by Crippen LogP contribution is 2.28. The quantitative estimate of drug-likeness (QED) is 0.529. The van der Waals surface area contributed by atoms with Crippen LogP contribution in [0, 0.1) is 5.82 Å². The molecule has 0 fully saturated rings. The molecule has 0 radical (unpaired) electrons. The van der Waals surface area contributed by atoms with Crippen molar-refractivity contribution in [2.24, 2.45) is 0 Å². The third kappa shape index (κ3) is 4.22. The third-order valence-electron chi connectivity index (χ3n) is 3.04. The molecule has 2 aromatic heterocycles. The monoisotopic (exact) mass is 405 g/mol. The van der Waals surface area contributed by atoms with Crippen LogP contribution < -0.4 is 5.32 Å². The van der Waals surface area contributed by atoms with Gasteiger partial charge < -0.3 is 5.32 Å². The number of aromatic nitrogens is 4. The molecule has 0 saturated heterocycles. The van der Waals surface area contributed by atoms with Gasteiger partial charge in [0.05, 0.1) is 10.8 Å². The average molecular weight is 406 g/mol. The van der Waals surface area contributed by atoms with Crippen LogP contribution in [0.25, 0.3) is 5.65 Å². The number of amides is 1. The Morgan fingerprint density at radius 1 is 1.31 bits per heavy atom. The van der Waals surface area contributed by atoms with Crippen molar-refractivity contribution in [3.8, 4) is 0 Å². The molecule has 1 aromatic carbocycles. The number of nitrogens with zero attached hydrogens (tertiary/aromatic N) is 4. The largest absolute Gasteiger partial charge is 0.433 e. The number of anilines is 1. The fraction of sp³-hybridized carbons (Fsp3) is 0.143. The number of carbonyl (C=O) groups excluding carboxylic acids is 1. The van der Waals surface area contributed by atoms with Crippen LogP contribution in [0.2, 0.25) is 5.02 Å². The number of benzene rings is 1. The van der Waals surface area contributed by atoms with Crippen molar-refractivity contribution in [3.63, 3.8) is 0 Å². The van der Waals surface area contributed by atoms with Crippen molar-refractivity contribution in [2.75, 3.05) is 11.1 Å². The van der Waals surface area contributed by atoms with Crippen molar-refractivity contribution in [2.45, 2.75) is 11.3 Å². The Labute approximate surface area is 152 Å². The topological polar surface area (TPSA) is 72.2 Å². The Hall–Kier alpha value is -2.40. The second-order valence-corrected chi connectivity index (χ2v) is 6.28. The van der Waals surface area contributed by atoms with Gasteiger partial charge in [0.2, 0.25) is 11.1 Å². The average Bonchev–Trinajstić information content (AvgIpc) is 2.97. The molecule has 0 spiro atoms. The predicted molar refractivity (Wildman–Crippen MR) is 86.5 cm³/mol. The SMILES string of the molecule is O=C(CSc1nc2cc(C(F)(F)F)ncn2n1)Nc1ccc(Cl)c(F)c1. The van der Waals surface area contributed by atoms with Gasteiger partial charge in [0.25, 0.3) is 0 Å². The molecule has 26 heavy (non-hydrogen) atoms. The molecular weight excluding hydrogens is 398 g/mol. The van der Waals surface area contributed by atoms with Crippen LogP contribution in [0.4, 0.5) is 23.2 Å². The highest BCUT2D eigenvalue weighted by atomic mass is 35.5. The van der Waals surface area contributed by atoms with Crippen molar-refractivity contribution < 1.29 is 22.4 Å². The lowest BCUT2D eigenvalue weighted by Crippen LogP contribution is -2.14. The number of thioether (sulfide) groups is 1. The van der Waals surface area contributed by atoms with Gasteiger partial charge in [0.1, 0.15) is 17.8 Å². The number of halogens is 5. The zero-order chi connectivity index (χ0) is 18.9. The summed E-state index contributed by atoms with van der Waals surface area (Å²) in [5, 5.41) is 6.41. The summed E-state index contributed by atoms with van der Waals surface area (Å²) in [6.45, 7) is 0. The predicted octanol–water partition coefficient (Wildman–Crippen LogP) is 3.67. The van der Waals surface area contributed by atoms with E-state index in [9.17, 15) is 22.4 Å². The van der Waals surface area contributed by atoms with Crippen LogP contribution in [0.15, 0.2) is 35.7 Å². The standard InChI is InChI=1S/C14H8ClF4N5OS/c15-8-2-1-7(3-9(8)16)21-12(25)5-26-13-22-11-4-10(14(17,18)19)20-6-24(11)23-13/h1-4,6H,5H2,(H,21,25). The lowest BCUT2D eigenvalue weighted by Gasteiger charge is -2.04. The number of carbonyl (C=O) groups is 1. The molecule has 2 heterocycles. The molecule has 12 heteroatoms. The van der Waals surface area contributed by atoms with E-state index in [0.717, 1.165) is 34.7 Å². The summed E-state index contributed by atoms with van der Waals surface area (Å²) < 4.78 is 52.3. The van der Waals surface area contributed by atoms with Gasteiger partial charge in [-0.1, -0.05) is 23.4 Å². The molecule has 1 N–H and O–H groups in total. The van der Waals surface area contributed by atoms with E-state index in [0.29, 0.717) is 0 Å². The van der Waals surface area contributed by atoms with Crippen LogP contribution in [0.5, 0.6) is 0 Å². The van der Waals surface area contributed by atoms with Crippen LogP contribution in [-0.4, -0.2) is 31.2 Å². The van der Waals surface area contributed by atoms with E-state index in [-0.39, 0.29) is 27.3 Å². The van der Waals surface area contributed by atoms with Gasteiger partial charge in [0.15, 0.2) is 5.65 Å². The fourth-order valence-corrected chi connectivity index (χ4v) is 2.65. The molecule has 3 aromatic rings. The molecule has 0 unspecified atom stereocenters. The molecule has 6 nitrogen and oxygen atoms in total. The number of nitrogens with one attached hydrogen (secondary N) is 1. The first-order valence-corrected chi connectivity index (χ1v) is 8.26. The maximum Gasteiger partial charge on any atom is 0.433 e. The second-order valence-electron chi connectivity index (χ2n) is 4.93. The zero-order valence-corrected chi connectivity index (χ0v) is 14.2. The minimum Gasteiger partial charge on any atom is -0.325 e. The van der Waals surface area contributed by atoms with E-state index in [1.165, 1.54) is 12.1 Å². The molecule has 0 bridgehead atoms. The Bertz CT molecular complexity index is 978. The van der Waals surface area contributed by atoms with Crippen molar-refractivity contribution >= 4 is 40.6 Å². The van der Waals surface area contributed by atoms with Gasteiger partial charge in [-0.25, -0.2) is 18.9 Å². The van der Waals surface area contributed by atoms with Gasteiger partial charge in [-0.2, -0.15) is 13.2 Å². The number of rotatable bonds is 4. The van der Waals surface area contributed by atoms with Crippen molar-refractivity contribution in [1.29, 1.82) is 0 Å². The summed E-state index contributed by atoms with van der Waals surface area (Å²) in [6.07, 6.45) is -3.69. The summed E-state index contributed by atoms with van der Waals surface area (Å²) in [4.78, 5) is 19.0. The summed E-state index contributed by atoms with van der Waals surface area (Å²) in [5.74, 6) is -1.27. The minimum absolute atomic E-state index is 0.0463. The number of fused-ring (bicyclic) bond motifs is 1. The molecule has 0 saturated carbocycles. The summed E-state index contributed by atoms with van der Waals surface area (Å²) in [5.41, 5.74) is -0.911. The Morgan fingerprint density at radius 2 is 2.08 bits per heavy atom. The van der Waals surface area contributed by atoms with Gasteiger partial charge in [-0.05, 0) is 18.2 Å². The summed E-state index contributed by atoms with van der Waals surface area (Å²) in [7, 11) is 0. The summed E-state index contributed by atoms with van der Waals surface area (Å²) in [6, 6.07) is 4.56. The number of alkyl halides is 3. The lowest BCUT2D eigenvalue weighted by molar-refractivity contribution is -0.141. The molecule has 0 aliphatic heterocycles. The van der Waals surface area contributed by atoms with E-state index < -0.39 is 23.6 Å². The third-order valence-corrected chi connectivity index (χ3v) is 4.18. The molecule has 136 valence electrons. The first-order chi connectivity index (χ1) is 12.2. The van der Waals surface area contributed by atoms with Crippen LogP contribution in [0.1, 0.15) is 5.69 Å². The van der Waals surface area contributed by atoms with Crippen LogP contribution >= 0.6 is 23.4 Å². The van der Waals surface area contributed by atoms with Gasteiger partial charge >= 0.3 is 6.18 Å². The highest BCUT2D eigenvalue weighted by molar-refractivity contribution is 7.99. The van der Waals surface area contributed by atoms with Gasteiger partial charge in [0, 0.05) is 11.8 Å². The van der Waals surface area contributed by atoms with E-state index in [1.54, 1.807) is 0 Å². The molecule has 0 aliphatic carbocycles. The molecule has 3 rings (SSSR count). The maximum absolute atomic E-state index is 13.3. The maximum atomic E-state index is 13.3. The first kappa shape index (κ1) is 18.4. The van der Waals surface area contributed by atoms with E-state index in [4.69, 9.17) is 11.6 Å². The zero-order valence-electron chi connectivity index (χ0n) is 12.6.